The summed E-state index contributed by atoms with van der Waals surface area (Å²) in [6.07, 6.45) is 80.1. The molecule has 810 valence electrons. The molecule has 14 atom stereocenters. The lowest BCUT2D eigenvalue weighted by atomic mass is 9.42. The van der Waals surface area contributed by atoms with Crippen LogP contribution in [-0.4, -0.2) is 69.4 Å². The van der Waals surface area contributed by atoms with Gasteiger partial charge in [-0.3, -0.25) is 0 Å². The summed E-state index contributed by atoms with van der Waals surface area (Å²) in [5.74, 6) is 13.1. The van der Waals surface area contributed by atoms with Crippen molar-refractivity contribution in [2.45, 2.75) is 550 Å². The fourth-order valence-electron chi connectivity index (χ4n) is 39.9. The summed E-state index contributed by atoms with van der Waals surface area (Å²) >= 11 is 0. The average molecular weight is 1980 g/mol. The van der Waals surface area contributed by atoms with E-state index in [-0.39, 0.29) is 69.4 Å². The van der Waals surface area contributed by atoms with E-state index in [0.29, 0.717) is 144 Å². The summed E-state index contributed by atoms with van der Waals surface area (Å²) < 4.78 is 37.9. The monoisotopic (exact) mass is 1980 g/mol. The van der Waals surface area contributed by atoms with E-state index >= 15 is 0 Å². The van der Waals surface area contributed by atoms with Crippen LogP contribution in [0.4, 0.5) is 0 Å². The van der Waals surface area contributed by atoms with Crippen molar-refractivity contribution >= 4 is 35.8 Å². The van der Waals surface area contributed by atoms with Gasteiger partial charge in [-0.05, 0) is 393 Å². The highest BCUT2D eigenvalue weighted by molar-refractivity contribution is 5.88. The van der Waals surface area contributed by atoms with Crippen LogP contribution >= 0.6 is 0 Å². The lowest BCUT2D eigenvalue weighted by molar-refractivity contribution is -0.241. The third-order valence-electron chi connectivity index (χ3n) is 43.7. The molecule has 0 aromatic rings. The minimum Gasteiger partial charge on any atom is -0.455 e. The summed E-state index contributed by atoms with van der Waals surface area (Å²) in [7, 11) is 0. The quantitative estimate of drug-likeness (QED) is 0.0246. The molecule has 0 heterocycles. The van der Waals surface area contributed by atoms with Crippen molar-refractivity contribution in [3.8, 4) is 0 Å². The first-order valence-electron chi connectivity index (χ1n) is 61.2. The van der Waals surface area contributed by atoms with Crippen LogP contribution in [0.5, 0.6) is 0 Å². The summed E-state index contributed by atoms with van der Waals surface area (Å²) in [6.45, 7) is 65.6. The third-order valence-corrected chi connectivity index (χ3v) is 43.7. The van der Waals surface area contributed by atoms with Gasteiger partial charge in [0.15, 0.2) is 0 Å². The van der Waals surface area contributed by atoms with Gasteiger partial charge < -0.3 is 28.4 Å². The minimum atomic E-state index is -0.224. The lowest BCUT2D eigenvalue weighted by Gasteiger charge is -2.66. The summed E-state index contributed by atoms with van der Waals surface area (Å²) in [4.78, 5) is 74.2. The maximum absolute atomic E-state index is 12.6. The van der Waals surface area contributed by atoms with Gasteiger partial charge in [0, 0.05) is 82.3 Å². The number of unbranched alkanes of at least 4 members (excludes halogenated alkanes) is 14. The van der Waals surface area contributed by atoms with E-state index in [1.807, 2.05) is 0 Å². The molecule has 24 bridgehead atoms. The molecule has 24 rings (SSSR count). The van der Waals surface area contributed by atoms with Gasteiger partial charge in [0.1, 0.15) is 33.6 Å². The van der Waals surface area contributed by atoms with E-state index < -0.39 is 0 Å². The molecule has 0 radical (unpaired) electrons. The van der Waals surface area contributed by atoms with Crippen molar-refractivity contribution in [3.05, 3.63) is 74.4 Å². The van der Waals surface area contributed by atoms with E-state index in [1.165, 1.54) is 391 Å². The maximum Gasteiger partial charge on any atom is 0.333 e. The third kappa shape index (κ3) is 24.9. The second kappa shape index (κ2) is 48.5. The molecule has 143 heavy (non-hydrogen) atoms. The Balaban J connectivity index is 0.000000144. The van der Waals surface area contributed by atoms with Crippen LogP contribution < -0.4 is 0 Å². The summed E-state index contributed by atoms with van der Waals surface area (Å²) in [6, 6.07) is 0. The zero-order valence-electron chi connectivity index (χ0n) is 95.5. The van der Waals surface area contributed by atoms with Crippen LogP contribution in [0.25, 0.3) is 0 Å². The van der Waals surface area contributed by atoms with Gasteiger partial charge in [-0.15, -0.1) is 0 Å². The topological polar surface area (TPSA) is 158 Å². The SMILES string of the molecule is C=C(C)C(=O)OC1(C(C)CCCCCC)C2CC3CC1CC(C)(C3)C2.C=C(C)C(=O)OC1(C(CCC)CCC)C2CC3CC1CC(C)(C3)C2.C=C(C)C(=O)OC1(CCCCCCC)C2CC3CC1CC(C)(C3)C2.C=CC(=O)OC1(C(C)CCCCCC)C2CC3CC1CC(C)(C3)C2.C=CC(=O)OC1(C(CCC)CCC)C2CC3CC1CC(C)(C3)C2.C=CC(=O)OC1(CCCCCCC)C2CC3CC1CC(C)(C3)C2. The van der Waals surface area contributed by atoms with E-state index in [1.54, 1.807) is 20.8 Å². The molecular formula is C131H214O12. The molecule has 0 aliphatic heterocycles. The number of rotatable bonds is 46. The number of carbonyl (C=O) groups is 6. The molecular weight excluding hydrogens is 1770 g/mol. The maximum atomic E-state index is 12.6. The van der Waals surface area contributed by atoms with Crippen LogP contribution in [0, 0.1) is 163 Å². The Hall–Kier alpha value is -4.74. The van der Waals surface area contributed by atoms with Crippen LogP contribution in [0.3, 0.4) is 0 Å². The van der Waals surface area contributed by atoms with E-state index in [9.17, 15) is 28.8 Å². The number of carbonyl (C=O) groups excluding carboxylic acids is 6. The zero-order chi connectivity index (χ0) is 104. The molecule has 0 amide bonds. The average Bonchev–Trinajstić information content (AvgIpc) is 0.683. The largest absolute Gasteiger partial charge is 0.455 e. The van der Waals surface area contributed by atoms with Gasteiger partial charge >= 0.3 is 35.8 Å². The smallest absolute Gasteiger partial charge is 0.333 e. The van der Waals surface area contributed by atoms with Gasteiger partial charge in [-0.25, -0.2) is 28.8 Å². The Bertz CT molecular complexity index is 4180. The fraction of sp³-hybridized carbons (Fsp3) is 0.863. The molecule has 0 saturated heterocycles. The van der Waals surface area contributed by atoms with Crippen LogP contribution in [0.15, 0.2) is 74.4 Å². The highest BCUT2D eigenvalue weighted by atomic mass is 16.6. The Kier molecular flexibility index (Phi) is 39.1. The minimum absolute atomic E-state index is 0.148. The molecule has 0 spiro atoms. The van der Waals surface area contributed by atoms with Crippen LogP contribution in [-0.2, 0) is 57.2 Å². The predicted octanol–water partition coefficient (Wildman–Crippen LogP) is 35.3. The van der Waals surface area contributed by atoms with Crippen LogP contribution in [0.2, 0.25) is 0 Å². The standard InChI is InChI=1S/C23H38O2.3C22H36O2.2C21H34O2/c1-6-7-8-9-10-17(4)23(25-21(24)16(2)3)19-11-18-12-20(23)15-22(5,13-18)14-19;1-6-8-17(9-7-2)22(24-20(23)15(3)4)18-10-16-11-19(22)14-21(5,12-16)13-18;1-5-6-7-8-9-10-22(24-20(23)16(2)3)18-11-17-12-19(22)15-21(4,13-17)14-18;1-5-7-8-9-10-16(3)22(24-20(23)6-2)18-11-17-12-19(22)15-21(4,13-17)14-18;1-5-8-16(9-6-2)21(23-19(22)7-3)17-10-15-11-18(21)14-20(4,12-15)13-17;1-4-6-7-8-9-10-21(23-19(22)5-2)17-11-16-12-18(21)15-20(3,13-16)14-17/h17-20H,2,6-15H2,1,3-5H3;16-19H,3,6-14H2,1-2,4-5H3;17-19H,2,5-15H2,1,3-4H3;6,16-19H,2,5,7-15H2,1,3-4H3;7,15-18H,3,5-6,8-14H2,1-2,4H3;5,16-18H,2,4,6-15H2,1,3H3. The highest BCUT2D eigenvalue weighted by Gasteiger charge is 2.71. The van der Waals surface area contributed by atoms with Gasteiger partial charge in [-0.2, -0.15) is 0 Å². The first-order chi connectivity index (χ1) is 67.9. The van der Waals surface area contributed by atoms with Crippen molar-refractivity contribution in [2.24, 2.45) is 163 Å². The van der Waals surface area contributed by atoms with Crippen molar-refractivity contribution in [1.82, 2.24) is 0 Å². The Morgan fingerprint density at radius 2 is 0.455 bits per heavy atom. The number of hydrogen-bond donors (Lipinski definition) is 0. The van der Waals surface area contributed by atoms with Gasteiger partial charge in [0.05, 0.1) is 0 Å². The van der Waals surface area contributed by atoms with Crippen molar-refractivity contribution < 1.29 is 57.2 Å². The van der Waals surface area contributed by atoms with E-state index in [2.05, 4.69) is 150 Å². The van der Waals surface area contributed by atoms with Crippen LogP contribution in [0.1, 0.15) is 517 Å². The van der Waals surface area contributed by atoms with Gasteiger partial charge in [0.2, 0.25) is 0 Å². The number of esters is 6. The predicted molar refractivity (Wildman–Crippen MR) is 587 cm³/mol. The Labute approximate surface area is 875 Å². The fourth-order valence-corrected chi connectivity index (χ4v) is 39.9. The van der Waals surface area contributed by atoms with Gasteiger partial charge in [0.25, 0.3) is 0 Å². The molecule has 12 nitrogen and oxygen atoms in total. The number of hydrogen-bond acceptors (Lipinski definition) is 12. The molecule has 24 fully saturated rings. The number of ether oxygens (including phenoxy) is 6. The molecule has 0 aromatic heterocycles. The first kappa shape index (κ1) is 115. The molecule has 14 unspecified atom stereocenters. The zero-order valence-corrected chi connectivity index (χ0v) is 95.5. The van der Waals surface area contributed by atoms with E-state index in [4.69, 9.17) is 28.4 Å². The summed E-state index contributed by atoms with van der Waals surface area (Å²) in [5, 5.41) is 0. The first-order valence-corrected chi connectivity index (χ1v) is 61.2. The normalized spacial score (nSPS) is 40.6. The molecule has 24 aliphatic rings. The van der Waals surface area contributed by atoms with Crippen molar-refractivity contribution in [1.29, 1.82) is 0 Å². The second-order valence-electron chi connectivity index (χ2n) is 56.0. The van der Waals surface area contributed by atoms with Crippen molar-refractivity contribution in [2.75, 3.05) is 0 Å². The Morgan fingerprint density at radius 1 is 0.252 bits per heavy atom. The van der Waals surface area contributed by atoms with Crippen molar-refractivity contribution in [3.63, 3.8) is 0 Å². The summed E-state index contributed by atoms with van der Waals surface area (Å²) in [5.41, 5.74) is 3.49. The molecule has 0 N–H and O–H groups in total. The molecule has 0 aromatic carbocycles. The molecule has 24 saturated carbocycles. The highest BCUT2D eigenvalue weighted by Crippen LogP contribution is 2.74. The molecule has 24 aliphatic carbocycles. The molecule has 12 heteroatoms. The Morgan fingerprint density at radius 3 is 0.706 bits per heavy atom. The van der Waals surface area contributed by atoms with E-state index in [0.717, 1.165) is 48.3 Å². The second-order valence-corrected chi connectivity index (χ2v) is 56.0. The lowest BCUT2D eigenvalue weighted by Crippen LogP contribution is -2.65. The van der Waals surface area contributed by atoms with Gasteiger partial charge in [-0.1, -0.05) is 279 Å².